The van der Waals surface area contributed by atoms with Crippen molar-refractivity contribution in [2.45, 2.75) is 31.1 Å². The summed E-state index contributed by atoms with van der Waals surface area (Å²) in [7, 11) is 0. The second-order valence-electron chi connectivity index (χ2n) is 7.31. The third-order valence-corrected chi connectivity index (χ3v) is 5.49. The fourth-order valence-corrected chi connectivity index (χ4v) is 3.64. The Hall–Kier alpha value is -2.13. The van der Waals surface area contributed by atoms with Crippen LogP contribution in [0.2, 0.25) is 0 Å². The third kappa shape index (κ3) is 5.02. The molecular formula is C21H21IN4OS. The minimum absolute atomic E-state index is 0.111. The Kier molecular flexibility index (Phi) is 6.24. The Morgan fingerprint density at radius 2 is 1.86 bits per heavy atom. The minimum Gasteiger partial charge on any atom is -0.384 e. The van der Waals surface area contributed by atoms with Crippen LogP contribution in [0.5, 0.6) is 0 Å². The smallest absolute Gasteiger partial charge is 0.231 e. The lowest BCUT2D eigenvalue weighted by Crippen LogP contribution is -2.11. The van der Waals surface area contributed by atoms with Crippen LogP contribution in [-0.4, -0.2) is 15.8 Å². The molecule has 0 saturated carbocycles. The van der Waals surface area contributed by atoms with Gasteiger partial charge in [-0.1, -0.05) is 39.0 Å². The van der Waals surface area contributed by atoms with E-state index < -0.39 is 0 Å². The lowest BCUT2D eigenvalue weighted by atomic mass is 9.87. The highest BCUT2D eigenvalue weighted by Crippen LogP contribution is 2.28. The van der Waals surface area contributed by atoms with Crippen molar-refractivity contribution in [3.05, 3.63) is 75.2 Å². The Morgan fingerprint density at radius 3 is 2.50 bits per heavy atom. The number of nitrogens with two attached hydrogens (primary N) is 1. The second-order valence-corrected chi connectivity index (χ2v) is 9.43. The maximum absolute atomic E-state index is 12.9. The highest BCUT2D eigenvalue weighted by Gasteiger charge is 2.18. The molecule has 0 spiro atoms. The molecule has 0 fully saturated rings. The van der Waals surface area contributed by atoms with Crippen LogP contribution in [0.4, 0.5) is 11.5 Å². The van der Waals surface area contributed by atoms with E-state index in [-0.39, 0.29) is 16.9 Å². The zero-order chi connectivity index (χ0) is 20.3. The van der Waals surface area contributed by atoms with Gasteiger partial charge >= 0.3 is 0 Å². The number of hydrogen-bond acceptors (Lipinski definition) is 6. The minimum atomic E-state index is -0.269. The molecule has 0 saturated heterocycles. The highest BCUT2D eigenvalue weighted by atomic mass is 127. The van der Waals surface area contributed by atoms with Crippen molar-refractivity contribution in [2.75, 3.05) is 10.5 Å². The zero-order valence-corrected chi connectivity index (χ0v) is 18.8. The van der Waals surface area contributed by atoms with Crippen LogP contribution in [-0.2, 0) is 5.41 Å². The number of hydrogen-bond donors (Lipinski definition) is 2. The van der Waals surface area contributed by atoms with Crippen molar-refractivity contribution >= 4 is 51.8 Å². The van der Waals surface area contributed by atoms with Gasteiger partial charge in [0.2, 0.25) is 5.78 Å². The lowest BCUT2D eigenvalue weighted by Gasteiger charge is -2.19. The fraction of sp³-hybridized carbons (Fsp3) is 0.190. The quantitative estimate of drug-likeness (QED) is 0.279. The lowest BCUT2D eigenvalue weighted by molar-refractivity contribution is 0.103. The molecule has 5 nitrogen and oxygen atoms in total. The molecule has 3 aromatic rings. The maximum Gasteiger partial charge on any atom is 0.231 e. The number of ketones is 1. The van der Waals surface area contributed by atoms with Crippen molar-refractivity contribution in [1.29, 1.82) is 0 Å². The van der Waals surface area contributed by atoms with Crippen molar-refractivity contribution in [1.82, 2.24) is 9.97 Å². The predicted molar refractivity (Wildman–Crippen MR) is 124 cm³/mol. The molecule has 0 aliphatic carbocycles. The summed E-state index contributed by atoms with van der Waals surface area (Å²) in [4.78, 5) is 22.4. The van der Waals surface area contributed by atoms with E-state index in [1.165, 1.54) is 17.5 Å². The molecular weight excluding hydrogens is 483 g/mol. The van der Waals surface area contributed by atoms with E-state index in [0.29, 0.717) is 17.2 Å². The molecule has 2 aromatic heterocycles. The van der Waals surface area contributed by atoms with Gasteiger partial charge in [0, 0.05) is 14.7 Å². The standard InChI is InChI=1S/C21H21IN4OS/c1-21(2,3)13-7-9-15(10-8-13)28-26-17-11-14(22)12-24-19(17)20(27)16-5-4-6-18(23)25-16/h4-12,26H,1-3H3,(H2,23,25). The van der Waals surface area contributed by atoms with Crippen molar-refractivity contribution in [3.63, 3.8) is 0 Å². The van der Waals surface area contributed by atoms with Gasteiger partial charge in [-0.25, -0.2) is 9.97 Å². The van der Waals surface area contributed by atoms with E-state index in [1.807, 2.05) is 6.07 Å². The summed E-state index contributed by atoms with van der Waals surface area (Å²) in [6, 6.07) is 15.3. The molecule has 3 rings (SSSR count). The largest absolute Gasteiger partial charge is 0.384 e. The molecule has 0 radical (unpaired) electrons. The van der Waals surface area contributed by atoms with Gasteiger partial charge in [-0.3, -0.25) is 4.79 Å². The molecule has 7 heteroatoms. The number of halogens is 1. The van der Waals surface area contributed by atoms with Gasteiger partial charge in [-0.05, 0) is 75.8 Å². The van der Waals surface area contributed by atoms with Crippen molar-refractivity contribution in [2.24, 2.45) is 0 Å². The van der Waals surface area contributed by atoms with Crippen LogP contribution in [0.3, 0.4) is 0 Å². The van der Waals surface area contributed by atoms with Crippen LogP contribution in [0.1, 0.15) is 42.5 Å². The topological polar surface area (TPSA) is 80.9 Å². The van der Waals surface area contributed by atoms with Crippen LogP contribution in [0, 0.1) is 3.57 Å². The zero-order valence-electron chi connectivity index (χ0n) is 15.9. The van der Waals surface area contributed by atoms with Crippen LogP contribution < -0.4 is 10.5 Å². The van der Waals surface area contributed by atoms with E-state index in [0.717, 1.165) is 8.47 Å². The molecule has 3 N–H and O–H groups in total. The molecule has 0 bridgehead atoms. The number of nitrogen functional groups attached to an aromatic ring is 1. The monoisotopic (exact) mass is 504 g/mol. The number of nitrogens with zero attached hydrogens (tertiary/aromatic N) is 2. The molecule has 0 unspecified atom stereocenters. The van der Waals surface area contributed by atoms with Gasteiger partial charge in [-0.15, -0.1) is 0 Å². The molecule has 1 aromatic carbocycles. The van der Waals surface area contributed by atoms with Crippen LogP contribution in [0.15, 0.2) is 59.6 Å². The van der Waals surface area contributed by atoms with E-state index in [2.05, 4.69) is 82.3 Å². The average Bonchev–Trinajstić information content (AvgIpc) is 2.65. The van der Waals surface area contributed by atoms with Gasteiger partial charge in [0.1, 0.15) is 17.2 Å². The van der Waals surface area contributed by atoms with Gasteiger partial charge in [0.25, 0.3) is 0 Å². The summed E-state index contributed by atoms with van der Waals surface area (Å²) in [5.74, 6) is 0.0362. The van der Waals surface area contributed by atoms with Gasteiger partial charge in [-0.2, -0.15) is 0 Å². The SMILES string of the molecule is CC(C)(C)c1ccc(SNc2cc(I)cnc2C(=O)c2cccc(N)n2)cc1. The maximum atomic E-state index is 12.9. The molecule has 28 heavy (non-hydrogen) atoms. The number of pyridine rings is 2. The van der Waals surface area contributed by atoms with E-state index in [4.69, 9.17) is 5.73 Å². The normalized spacial score (nSPS) is 11.3. The molecule has 0 aliphatic heterocycles. The number of aromatic nitrogens is 2. The third-order valence-electron chi connectivity index (χ3n) is 4.07. The summed E-state index contributed by atoms with van der Waals surface area (Å²) >= 11 is 3.62. The van der Waals surface area contributed by atoms with Gasteiger partial charge < -0.3 is 10.5 Å². The Bertz CT molecular complexity index is 1000. The summed E-state index contributed by atoms with van der Waals surface area (Å²) < 4.78 is 4.19. The highest BCUT2D eigenvalue weighted by molar-refractivity contribution is 14.1. The number of anilines is 2. The molecule has 0 atom stereocenters. The fourth-order valence-electron chi connectivity index (χ4n) is 2.53. The van der Waals surface area contributed by atoms with Crippen LogP contribution in [0.25, 0.3) is 0 Å². The molecule has 2 heterocycles. The first-order valence-corrected chi connectivity index (χ1v) is 10.6. The van der Waals surface area contributed by atoms with Gasteiger partial charge in [0.15, 0.2) is 0 Å². The summed E-state index contributed by atoms with van der Waals surface area (Å²) in [5.41, 5.74) is 8.33. The first-order chi connectivity index (χ1) is 13.2. The number of rotatable bonds is 5. The first kappa shape index (κ1) is 20.6. The second kappa shape index (κ2) is 8.48. The number of carbonyl (C=O) groups excluding carboxylic acids is 1. The summed E-state index contributed by atoms with van der Waals surface area (Å²) in [5, 5.41) is 0. The first-order valence-electron chi connectivity index (χ1n) is 8.70. The van der Waals surface area contributed by atoms with Crippen molar-refractivity contribution < 1.29 is 4.79 Å². The average molecular weight is 504 g/mol. The molecule has 144 valence electrons. The Morgan fingerprint density at radius 1 is 1.14 bits per heavy atom. The predicted octanol–water partition coefficient (Wildman–Crippen LogP) is 5.31. The Balaban J connectivity index is 1.82. The Labute approximate surface area is 182 Å². The summed E-state index contributed by atoms with van der Waals surface area (Å²) in [6.45, 7) is 6.56. The number of nitrogens with one attached hydrogen (secondary N) is 1. The van der Waals surface area contributed by atoms with Crippen LogP contribution >= 0.6 is 34.5 Å². The summed E-state index contributed by atoms with van der Waals surface area (Å²) in [6.07, 6.45) is 1.66. The van der Waals surface area contributed by atoms with E-state index >= 15 is 0 Å². The van der Waals surface area contributed by atoms with Gasteiger partial charge in [0.05, 0.1) is 5.69 Å². The van der Waals surface area contributed by atoms with E-state index in [1.54, 1.807) is 24.4 Å². The number of benzene rings is 1. The number of carbonyl (C=O) groups is 1. The molecule has 0 aliphatic rings. The van der Waals surface area contributed by atoms with Crippen molar-refractivity contribution in [3.8, 4) is 0 Å². The van der Waals surface area contributed by atoms with E-state index in [9.17, 15) is 4.79 Å². The molecule has 0 amide bonds.